The number of nitrogens with zero attached hydrogens (tertiary/aromatic N) is 3. The molecule has 1 atom stereocenters. The molecule has 0 spiro atoms. The van der Waals surface area contributed by atoms with Crippen LogP contribution in [0.3, 0.4) is 0 Å². The number of rotatable bonds is 7. The summed E-state index contributed by atoms with van der Waals surface area (Å²) in [6.45, 7) is 8.59. The molecule has 1 heterocycles. The Hall–Kier alpha value is -1.92. The second kappa shape index (κ2) is 9.53. The molecule has 0 aliphatic carbocycles. The van der Waals surface area contributed by atoms with Gasteiger partial charge in [0.25, 0.3) is 0 Å². The van der Waals surface area contributed by atoms with Crippen molar-refractivity contribution in [3.63, 3.8) is 0 Å². The van der Waals surface area contributed by atoms with Crippen LogP contribution in [0, 0.1) is 0 Å². The summed E-state index contributed by atoms with van der Waals surface area (Å²) in [5, 5.41) is 0. The Morgan fingerprint density at radius 3 is 2.24 bits per heavy atom. The molecule has 0 radical (unpaired) electrons. The summed E-state index contributed by atoms with van der Waals surface area (Å²) in [5.74, 6) is 0.157. The lowest BCUT2D eigenvalue weighted by Gasteiger charge is -2.36. The van der Waals surface area contributed by atoms with Crippen LogP contribution in [0.15, 0.2) is 30.3 Å². The van der Waals surface area contributed by atoms with E-state index in [2.05, 4.69) is 4.90 Å². The zero-order valence-electron chi connectivity index (χ0n) is 15.4. The average molecular weight is 346 g/mol. The van der Waals surface area contributed by atoms with Gasteiger partial charge < -0.3 is 15.5 Å². The fourth-order valence-electron chi connectivity index (χ4n) is 3.18. The highest BCUT2D eigenvalue weighted by molar-refractivity contribution is 5.82. The van der Waals surface area contributed by atoms with Crippen LogP contribution < -0.4 is 5.73 Å². The van der Waals surface area contributed by atoms with Gasteiger partial charge in [0.2, 0.25) is 11.8 Å². The summed E-state index contributed by atoms with van der Waals surface area (Å²) in [6.07, 6.45) is 0.556. The van der Waals surface area contributed by atoms with Gasteiger partial charge in [-0.2, -0.15) is 0 Å². The second-order valence-corrected chi connectivity index (χ2v) is 6.46. The van der Waals surface area contributed by atoms with E-state index in [0.717, 1.165) is 31.7 Å². The molecule has 2 N–H and O–H groups in total. The summed E-state index contributed by atoms with van der Waals surface area (Å²) in [6, 6.07) is 9.34. The van der Waals surface area contributed by atoms with E-state index < -0.39 is 6.04 Å². The minimum atomic E-state index is -0.508. The molecule has 1 saturated heterocycles. The predicted octanol–water partition coefficient (Wildman–Crippen LogP) is 0.569. The minimum Gasteiger partial charge on any atom is -0.342 e. The third-order valence-corrected chi connectivity index (χ3v) is 4.77. The standard InChI is InChI=1S/C19H30N4O2/c1-3-22(4-2)18(24)15-21-10-12-23(13-11-21)19(25)17(20)14-16-8-6-5-7-9-16/h5-9,17H,3-4,10-15,20H2,1-2H3. The first-order chi connectivity index (χ1) is 12.0. The SMILES string of the molecule is CCN(CC)C(=O)CN1CCN(C(=O)C(N)Cc2ccccc2)CC1. The van der Waals surface area contributed by atoms with Crippen molar-refractivity contribution >= 4 is 11.8 Å². The van der Waals surface area contributed by atoms with Crippen LogP contribution in [0.1, 0.15) is 19.4 Å². The van der Waals surface area contributed by atoms with Crippen LogP contribution >= 0.6 is 0 Å². The molecule has 6 heteroatoms. The molecule has 1 unspecified atom stereocenters. The predicted molar refractivity (Wildman–Crippen MR) is 99.1 cm³/mol. The van der Waals surface area contributed by atoms with E-state index in [1.165, 1.54) is 0 Å². The van der Waals surface area contributed by atoms with E-state index in [0.29, 0.717) is 26.1 Å². The van der Waals surface area contributed by atoms with Crippen molar-refractivity contribution in [1.29, 1.82) is 0 Å². The number of amides is 2. The molecule has 0 aromatic heterocycles. The number of benzene rings is 1. The summed E-state index contributed by atoms with van der Waals surface area (Å²) >= 11 is 0. The maximum absolute atomic E-state index is 12.5. The van der Waals surface area contributed by atoms with Crippen LogP contribution in [0.2, 0.25) is 0 Å². The van der Waals surface area contributed by atoms with E-state index in [-0.39, 0.29) is 11.8 Å². The molecule has 1 aliphatic rings. The van der Waals surface area contributed by atoms with Gasteiger partial charge in [0.15, 0.2) is 0 Å². The molecular formula is C19H30N4O2. The number of piperazine rings is 1. The molecular weight excluding hydrogens is 316 g/mol. The molecule has 25 heavy (non-hydrogen) atoms. The van der Waals surface area contributed by atoms with E-state index in [1.807, 2.05) is 54.0 Å². The second-order valence-electron chi connectivity index (χ2n) is 6.46. The van der Waals surface area contributed by atoms with Crippen molar-refractivity contribution in [1.82, 2.24) is 14.7 Å². The summed E-state index contributed by atoms with van der Waals surface area (Å²) in [7, 11) is 0. The molecule has 6 nitrogen and oxygen atoms in total. The summed E-state index contributed by atoms with van der Waals surface area (Å²) < 4.78 is 0. The third-order valence-electron chi connectivity index (χ3n) is 4.77. The van der Waals surface area contributed by atoms with Gasteiger partial charge in [0.05, 0.1) is 12.6 Å². The first-order valence-electron chi connectivity index (χ1n) is 9.13. The fourth-order valence-corrected chi connectivity index (χ4v) is 3.18. The molecule has 2 rings (SSSR count). The lowest BCUT2D eigenvalue weighted by Crippen LogP contribution is -2.55. The summed E-state index contributed by atoms with van der Waals surface area (Å²) in [5.41, 5.74) is 7.18. The fraction of sp³-hybridized carbons (Fsp3) is 0.579. The van der Waals surface area contributed by atoms with Crippen molar-refractivity contribution in [2.45, 2.75) is 26.3 Å². The van der Waals surface area contributed by atoms with Crippen LogP contribution in [0.25, 0.3) is 0 Å². The first-order valence-corrected chi connectivity index (χ1v) is 9.13. The van der Waals surface area contributed by atoms with Crippen LogP contribution in [0.5, 0.6) is 0 Å². The number of hydrogen-bond donors (Lipinski definition) is 1. The summed E-state index contributed by atoms with van der Waals surface area (Å²) in [4.78, 5) is 30.5. The Labute approximate surface area is 150 Å². The van der Waals surface area contributed by atoms with Gasteiger partial charge >= 0.3 is 0 Å². The molecule has 1 aliphatic heterocycles. The Kier molecular flexibility index (Phi) is 7.40. The highest BCUT2D eigenvalue weighted by Gasteiger charge is 2.26. The van der Waals surface area contributed by atoms with Crippen molar-refractivity contribution in [2.75, 3.05) is 45.8 Å². The molecule has 1 aromatic rings. The largest absolute Gasteiger partial charge is 0.342 e. The zero-order chi connectivity index (χ0) is 18.2. The Balaban J connectivity index is 1.79. The highest BCUT2D eigenvalue weighted by Crippen LogP contribution is 2.08. The Morgan fingerprint density at radius 1 is 1.08 bits per heavy atom. The average Bonchev–Trinajstić information content (AvgIpc) is 2.63. The molecule has 2 amide bonds. The Morgan fingerprint density at radius 2 is 1.68 bits per heavy atom. The molecule has 1 aromatic carbocycles. The zero-order valence-corrected chi connectivity index (χ0v) is 15.4. The number of hydrogen-bond acceptors (Lipinski definition) is 4. The quantitative estimate of drug-likeness (QED) is 0.784. The van der Waals surface area contributed by atoms with Crippen LogP contribution in [-0.4, -0.2) is 78.4 Å². The van der Waals surface area contributed by atoms with Crippen molar-refractivity contribution in [3.05, 3.63) is 35.9 Å². The minimum absolute atomic E-state index is 0.00132. The topological polar surface area (TPSA) is 69.9 Å². The van der Waals surface area contributed by atoms with E-state index >= 15 is 0 Å². The van der Waals surface area contributed by atoms with Crippen molar-refractivity contribution in [3.8, 4) is 0 Å². The maximum Gasteiger partial charge on any atom is 0.239 e. The van der Waals surface area contributed by atoms with Gasteiger partial charge in [0, 0.05) is 39.3 Å². The molecule has 0 saturated carbocycles. The monoisotopic (exact) mass is 346 g/mol. The van der Waals surface area contributed by atoms with Crippen LogP contribution in [0.4, 0.5) is 0 Å². The number of nitrogens with two attached hydrogens (primary N) is 1. The third kappa shape index (κ3) is 5.54. The normalized spacial score (nSPS) is 16.5. The van der Waals surface area contributed by atoms with Gasteiger partial charge in [-0.15, -0.1) is 0 Å². The van der Waals surface area contributed by atoms with Crippen molar-refractivity contribution in [2.24, 2.45) is 5.73 Å². The lowest BCUT2D eigenvalue weighted by molar-refractivity contribution is -0.135. The molecule has 0 bridgehead atoms. The highest BCUT2D eigenvalue weighted by atomic mass is 16.2. The smallest absolute Gasteiger partial charge is 0.239 e. The lowest BCUT2D eigenvalue weighted by atomic mass is 10.1. The Bertz CT molecular complexity index is 552. The first kappa shape index (κ1) is 19.4. The maximum atomic E-state index is 12.5. The molecule has 1 fully saturated rings. The van der Waals surface area contributed by atoms with Gasteiger partial charge in [0.1, 0.15) is 0 Å². The van der Waals surface area contributed by atoms with E-state index in [4.69, 9.17) is 5.73 Å². The number of carbonyl (C=O) groups is 2. The van der Waals surface area contributed by atoms with Crippen molar-refractivity contribution < 1.29 is 9.59 Å². The van der Waals surface area contributed by atoms with Gasteiger partial charge in [-0.05, 0) is 25.8 Å². The van der Waals surface area contributed by atoms with Crippen LogP contribution in [-0.2, 0) is 16.0 Å². The van der Waals surface area contributed by atoms with E-state index in [1.54, 1.807) is 0 Å². The van der Waals surface area contributed by atoms with Gasteiger partial charge in [-0.1, -0.05) is 30.3 Å². The van der Waals surface area contributed by atoms with Gasteiger partial charge in [-0.25, -0.2) is 0 Å². The van der Waals surface area contributed by atoms with Gasteiger partial charge in [-0.3, -0.25) is 14.5 Å². The van der Waals surface area contributed by atoms with E-state index in [9.17, 15) is 9.59 Å². The number of likely N-dealkylation sites (N-methyl/N-ethyl adjacent to an activating group) is 1. The molecule has 138 valence electrons. The number of carbonyl (C=O) groups excluding carboxylic acids is 2.